The molecular weight excluding hydrogens is 843 g/mol. The van der Waals surface area contributed by atoms with E-state index in [1.807, 2.05) is 0 Å². The van der Waals surface area contributed by atoms with Gasteiger partial charge in [0, 0.05) is 60.8 Å². The standard InChI is InChI=1S/C48H56F3N7O3Si.ClH/c1-27(2)62(28(3)4,29(5)6)16-13-37-39(50)12-9-30-17-35(59)19-38(40(30)37)44-42(51)45-41(43(54-44)31-18-36(60-7)22-52-21-31)46(57-24-33-10-11-34(25-57)53-33)56-47(55-45)61-26-48-14-8-15-58(48)23-32(49)20-48;/h9,12,17-19,21-22,27-29,32-34,53,59H,8,10-11,14-15,20,23-26H2,1-7H3;1H/t32-,33-,34+,48+;/m1./s1. The molecule has 9 rings (SSSR count). The Kier molecular flexibility index (Phi) is 12.4. The molecule has 4 saturated heterocycles. The van der Waals surface area contributed by atoms with Crippen molar-refractivity contribution in [1.82, 2.24) is 30.2 Å². The summed E-state index contributed by atoms with van der Waals surface area (Å²) in [6.07, 6.45) is 6.33. The van der Waals surface area contributed by atoms with E-state index in [1.54, 1.807) is 31.6 Å². The normalized spacial score (nSPS) is 22.2. The van der Waals surface area contributed by atoms with E-state index in [9.17, 15) is 9.50 Å². The zero-order chi connectivity index (χ0) is 43.7. The van der Waals surface area contributed by atoms with Gasteiger partial charge in [0.25, 0.3) is 0 Å². The average molecular weight is 901 g/mol. The molecule has 3 aromatic heterocycles. The average Bonchev–Trinajstić information content (AvgIpc) is 3.90. The highest BCUT2D eigenvalue weighted by molar-refractivity contribution is 6.90. The summed E-state index contributed by atoms with van der Waals surface area (Å²) in [5.41, 5.74) is 4.95. The van der Waals surface area contributed by atoms with Gasteiger partial charge in [-0.2, -0.15) is 9.97 Å². The number of aromatic nitrogens is 4. The largest absolute Gasteiger partial charge is 0.508 e. The van der Waals surface area contributed by atoms with Gasteiger partial charge in [-0.05, 0) is 78.5 Å². The first-order valence-corrected chi connectivity index (χ1v) is 24.4. The maximum Gasteiger partial charge on any atom is 0.319 e. The van der Waals surface area contributed by atoms with E-state index in [4.69, 9.17) is 24.4 Å². The number of ether oxygens (including phenoxy) is 2. The van der Waals surface area contributed by atoms with Gasteiger partial charge < -0.3 is 24.8 Å². The molecule has 0 unspecified atom stereocenters. The molecule has 0 aliphatic carbocycles. The number of methoxy groups -OCH3 is 1. The first kappa shape index (κ1) is 44.9. The van der Waals surface area contributed by atoms with E-state index >= 15 is 8.78 Å². The van der Waals surface area contributed by atoms with Crippen LogP contribution < -0.4 is 19.7 Å². The summed E-state index contributed by atoms with van der Waals surface area (Å²) in [5, 5.41) is 16.1. The fraction of sp³-hybridized carbons (Fsp3) is 0.500. The maximum absolute atomic E-state index is 18.1. The highest BCUT2D eigenvalue weighted by Crippen LogP contribution is 2.46. The molecule has 63 heavy (non-hydrogen) atoms. The van der Waals surface area contributed by atoms with Gasteiger partial charge in [0.15, 0.2) is 5.82 Å². The van der Waals surface area contributed by atoms with Gasteiger partial charge in [-0.15, -0.1) is 18.0 Å². The number of aromatic hydroxyl groups is 1. The zero-order valence-electron chi connectivity index (χ0n) is 37.1. The summed E-state index contributed by atoms with van der Waals surface area (Å²) < 4.78 is 61.5. The van der Waals surface area contributed by atoms with Gasteiger partial charge in [-0.3, -0.25) is 9.88 Å². The summed E-state index contributed by atoms with van der Waals surface area (Å²) in [6.45, 7) is 15.7. The SMILES string of the molecule is COc1cncc(-c2nc(-c3cc(O)cc4ccc(F)c(C#C[Si](C(C)C)(C(C)C)C(C)C)c34)c(F)c3nc(OC[C@@]45CCCN4C[C@H](F)C5)nc(N4C[C@H]5CC[C@@H](C4)N5)c23)c1.Cl. The van der Waals surface area contributed by atoms with Crippen LogP contribution in [0.25, 0.3) is 44.2 Å². The fourth-order valence-electron chi connectivity index (χ4n) is 11.4. The molecular formula is C48H57ClF3N7O3Si. The van der Waals surface area contributed by atoms with Gasteiger partial charge in [0.1, 0.15) is 55.2 Å². The second-order valence-electron chi connectivity index (χ2n) is 18.9. The number of halogens is 4. The topological polar surface area (TPSA) is 109 Å². The van der Waals surface area contributed by atoms with E-state index in [-0.39, 0.29) is 81.8 Å². The first-order chi connectivity index (χ1) is 29.7. The Morgan fingerprint density at radius 2 is 1.67 bits per heavy atom. The van der Waals surface area contributed by atoms with E-state index < -0.39 is 31.4 Å². The second kappa shape index (κ2) is 17.4. The number of piperazine rings is 1. The number of phenolic OH excluding ortho intramolecular Hbond substituents is 1. The molecule has 2 bridgehead atoms. The van der Waals surface area contributed by atoms with Crippen molar-refractivity contribution < 1.29 is 27.8 Å². The lowest BCUT2D eigenvalue weighted by molar-refractivity contribution is 0.107. The summed E-state index contributed by atoms with van der Waals surface area (Å²) in [7, 11) is -0.808. The minimum atomic E-state index is -2.35. The predicted octanol–water partition coefficient (Wildman–Crippen LogP) is 9.79. The smallest absolute Gasteiger partial charge is 0.319 e. The molecule has 5 aromatic rings. The molecule has 0 radical (unpaired) electrons. The van der Waals surface area contributed by atoms with Crippen molar-refractivity contribution in [2.24, 2.45) is 0 Å². The van der Waals surface area contributed by atoms with Crippen LogP contribution in [0.15, 0.2) is 42.7 Å². The monoisotopic (exact) mass is 899 g/mol. The lowest BCUT2D eigenvalue weighted by Gasteiger charge is -2.38. The summed E-state index contributed by atoms with van der Waals surface area (Å²) in [4.78, 5) is 23.8. The highest BCUT2D eigenvalue weighted by Gasteiger charge is 2.49. The molecule has 4 atom stereocenters. The van der Waals surface area contributed by atoms with Crippen molar-refractivity contribution in [3.8, 4) is 51.5 Å². The molecule has 4 aliphatic heterocycles. The van der Waals surface area contributed by atoms with Crippen molar-refractivity contribution in [3.05, 3.63) is 59.9 Å². The van der Waals surface area contributed by atoms with Gasteiger partial charge in [-0.1, -0.05) is 53.5 Å². The molecule has 334 valence electrons. The molecule has 0 saturated carbocycles. The number of fused-ring (bicyclic) bond motifs is 5. The number of hydrogen-bond acceptors (Lipinski definition) is 10. The maximum atomic E-state index is 18.1. The molecule has 2 N–H and O–H groups in total. The molecule has 0 amide bonds. The number of rotatable bonds is 10. The number of nitrogens with zero attached hydrogens (tertiary/aromatic N) is 6. The zero-order valence-corrected chi connectivity index (χ0v) is 38.9. The lowest BCUT2D eigenvalue weighted by Crippen LogP contribution is -2.51. The van der Waals surface area contributed by atoms with Crippen molar-refractivity contribution in [2.75, 3.05) is 44.8 Å². The number of anilines is 1. The van der Waals surface area contributed by atoms with Crippen LogP contribution in [0.2, 0.25) is 16.6 Å². The lowest BCUT2D eigenvalue weighted by atomic mass is 9.95. The number of pyridine rings is 2. The highest BCUT2D eigenvalue weighted by atomic mass is 35.5. The Hall–Kier alpha value is -4.68. The van der Waals surface area contributed by atoms with Crippen molar-refractivity contribution in [2.45, 2.75) is 114 Å². The Balaban J connectivity index is 0.00000544. The molecule has 15 heteroatoms. The Bertz CT molecular complexity index is 2590. The predicted molar refractivity (Wildman–Crippen MR) is 248 cm³/mol. The van der Waals surface area contributed by atoms with Gasteiger partial charge in [0.05, 0.1) is 35.5 Å². The Morgan fingerprint density at radius 1 is 0.937 bits per heavy atom. The van der Waals surface area contributed by atoms with E-state index in [0.29, 0.717) is 65.0 Å². The van der Waals surface area contributed by atoms with Crippen LogP contribution in [0.1, 0.15) is 79.2 Å². The van der Waals surface area contributed by atoms with E-state index in [0.717, 1.165) is 32.2 Å². The summed E-state index contributed by atoms with van der Waals surface area (Å²) in [5.74, 6) is 2.76. The Morgan fingerprint density at radius 3 is 2.37 bits per heavy atom. The molecule has 7 heterocycles. The quantitative estimate of drug-likeness (QED) is 0.104. The number of hydrogen-bond donors (Lipinski definition) is 2. The summed E-state index contributed by atoms with van der Waals surface area (Å²) >= 11 is 0. The van der Waals surface area contributed by atoms with Crippen LogP contribution in [-0.4, -0.2) is 102 Å². The van der Waals surface area contributed by atoms with E-state index in [2.05, 4.69) is 73.1 Å². The van der Waals surface area contributed by atoms with Crippen LogP contribution in [0.5, 0.6) is 17.5 Å². The van der Waals surface area contributed by atoms with Crippen LogP contribution in [0, 0.1) is 23.1 Å². The molecule has 4 aliphatic rings. The van der Waals surface area contributed by atoms with E-state index in [1.165, 1.54) is 18.2 Å². The van der Waals surface area contributed by atoms with Crippen LogP contribution >= 0.6 is 12.4 Å². The van der Waals surface area contributed by atoms with Crippen LogP contribution in [-0.2, 0) is 0 Å². The van der Waals surface area contributed by atoms with Crippen molar-refractivity contribution in [3.63, 3.8) is 0 Å². The summed E-state index contributed by atoms with van der Waals surface area (Å²) in [6, 6.07) is 8.06. The molecule has 4 fully saturated rings. The number of phenols is 1. The minimum Gasteiger partial charge on any atom is -0.508 e. The third-order valence-corrected chi connectivity index (χ3v) is 20.6. The fourth-order valence-corrected chi connectivity index (χ4v) is 16.6. The third-order valence-electron chi connectivity index (χ3n) is 14.3. The van der Waals surface area contributed by atoms with Crippen LogP contribution in [0.4, 0.5) is 19.0 Å². The Labute approximate surface area is 374 Å². The number of alkyl halides is 1. The van der Waals surface area contributed by atoms with Crippen LogP contribution in [0.3, 0.4) is 0 Å². The molecule has 2 aromatic carbocycles. The third kappa shape index (κ3) is 7.87. The second-order valence-corrected chi connectivity index (χ2v) is 24.4. The number of benzene rings is 2. The van der Waals surface area contributed by atoms with Gasteiger partial charge >= 0.3 is 6.01 Å². The van der Waals surface area contributed by atoms with Gasteiger partial charge in [-0.25, -0.2) is 18.2 Å². The number of nitrogens with one attached hydrogen (secondary N) is 1. The molecule has 0 spiro atoms. The first-order valence-electron chi connectivity index (χ1n) is 22.1. The van der Waals surface area contributed by atoms with Crippen molar-refractivity contribution >= 4 is 48.0 Å². The van der Waals surface area contributed by atoms with Gasteiger partial charge in [0.2, 0.25) is 0 Å². The van der Waals surface area contributed by atoms with Crippen molar-refractivity contribution in [1.29, 1.82) is 0 Å². The minimum absolute atomic E-state index is 0. The molecule has 10 nitrogen and oxygen atoms in total.